The average molecular weight is 401 g/mol. The summed E-state index contributed by atoms with van der Waals surface area (Å²) in [7, 11) is 3.01. The van der Waals surface area contributed by atoms with Gasteiger partial charge in [-0.15, -0.1) is 0 Å². The molecule has 0 radical (unpaired) electrons. The Morgan fingerprint density at radius 2 is 1.69 bits per heavy atom. The molecule has 0 unspecified atom stereocenters. The van der Waals surface area contributed by atoms with Gasteiger partial charge < -0.3 is 24.3 Å². The largest absolute Gasteiger partial charge is 0.495 e. The van der Waals surface area contributed by atoms with Crippen LogP contribution in [-0.2, 0) is 9.53 Å². The van der Waals surface area contributed by atoms with Crippen LogP contribution in [0.2, 0.25) is 0 Å². The van der Waals surface area contributed by atoms with Crippen LogP contribution in [-0.4, -0.2) is 39.3 Å². The van der Waals surface area contributed by atoms with E-state index in [1.165, 1.54) is 20.3 Å². The van der Waals surface area contributed by atoms with Crippen LogP contribution in [0, 0.1) is 5.92 Å². The van der Waals surface area contributed by atoms with Crippen molar-refractivity contribution < 1.29 is 28.5 Å². The second-order valence-corrected chi connectivity index (χ2v) is 6.72. The summed E-state index contributed by atoms with van der Waals surface area (Å²) < 4.78 is 21.3. The van der Waals surface area contributed by atoms with Crippen LogP contribution in [0.5, 0.6) is 17.2 Å². The van der Waals surface area contributed by atoms with E-state index in [1.807, 2.05) is 0 Å². The van der Waals surface area contributed by atoms with Crippen LogP contribution in [0.1, 0.15) is 30.6 Å². The summed E-state index contributed by atoms with van der Waals surface area (Å²) in [5, 5.41) is 2.65. The Bertz CT molecular complexity index is 834. The summed E-state index contributed by atoms with van der Waals surface area (Å²) in [6, 6.07) is 11.7. The predicted octanol–water partition coefficient (Wildman–Crippen LogP) is 3.92. The van der Waals surface area contributed by atoms with Crippen molar-refractivity contribution in [3.63, 3.8) is 0 Å². The molecule has 0 aliphatic heterocycles. The molecule has 7 nitrogen and oxygen atoms in total. The summed E-state index contributed by atoms with van der Waals surface area (Å²) in [6.45, 7) is 4.36. The highest BCUT2D eigenvalue weighted by Crippen LogP contribution is 2.29. The maximum absolute atomic E-state index is 12.3. The molecule has 7 heteroatoms. The highest BCUT2D eigenvalue weighted by atomic mass is 16.5. The highest BCUT2D eigenvalue weighted by molar-refractivity contribution is 5.96. The van der Waals surface area contributed by atoms with Crippen LogP contribution >= 0.6 is 0 Å². The number of esters is 1. The monoisotopic (exact) mass is 401 g/mol. The molecule has 156 valence electrons. The third-order valence-corrected chi connectivity index (χ3v) is 4.07. The maximum Gasteiger partial charge on any atom is 0.338 e. The number of rotatable bonds is 10. The van der Waals surface area contributed by atoms with Gasteiger partial charge >= 0.3 is 5.97 Å². The van der Waals surface area contributed by atoms with Gasteiger partial charge in [-0.05, 0) is 42.7 Å². The van der Waals surface area contributed by atoms with E-state index in [4.69, 9.17) is 18.9 Å². The van der Waals surface area contributed by atoms with E-state index in [1.54, 1.807) is 36.4 Å². The molecule has 2 aromatic rings. The minimum atomic E-state index is -0.632. The second-order valence-electron chi connectivity index (χ2n) is 6.72. The standard InChI is InChI=1S/C22H27NO6/c1-15(2)11-12-28-19-10-9-16(13-20(19)27-4)22(25)29-14-21(24)23-17-7-5-6-8-18(17)26-3/h5-10,13,15H,11-12,14H2,1-4H3,(H,23,24). The van der Waals surface area contributed by atoms with Crippen molar-refractivity contribution in [3.05, 3.63) is 48.0 Å². The molecule has 0 aromatic heterocycles. The number of hydrogen-bond acceptors (Lipinski definition) is 6. The van der Waals surface area contributed by atoms with Gasteiger partial charge in [0.05, 0.1) is 32.1 Å². The highest BCUT2D eigenvalue weighted by Gasteiger charge is 2.15. The number of carbonyl (C=O) groups excluding carboxylic acids is 2. The Hall–Kier alpha value is -3.22. The molecular formula is C22H27NO6. The van der Waals surface area contributed by atoms with Gasteiger partial charge in [-0.2, -0.15) is 0 Å². The van der Waals surface area contributed by atoms with E-state index in [0.717, 1.165) is 6.42 Å². The SMILES string of the molecule is COc1ccccc1NC(=O)COC(=O)c1ccc(OCCC(C)C)c(OC)c1. The van der Waals surface area contributed by atoms with Crippen LogP contribution < -0.4 is 19.5 Å². The topological polar surface area (TPSA) is 83.1 Å². The third-order valence-electron chi connectivity index (χ3n) is 4.07. The Balaban J connectivity index is 1.93. The molecule has 1 N–H and O–H groups in total. The number of para-hydroxylation sites is 2. The van der Waals surface area contributed by atoms with Gasteiger partial charge in [-0.25, -0.2) is 4.79 Å². The van der Waals surface area contributed by atoms with Crippen LogP contribution in [0.4, 0.5) is 5.69 Å². The predicted molar refractivity (Wildman–Crippen MR) is 110 cm³/mol. The van der Waals surface area contributed by atoms with Gasteiger partial charge in [0.25, 0.3) is 5.91 Å². The zero-order chi connectivity index (χ0) is 21.2. The molecule has 0 saturated heterocycles. The number of ether oxygens (including phenoxy) is 4. The van der Waals surface area contributed by atoms with Crippen LogP contribution in [0.3, 0.4) is 0 Å². The molecule has 0 aliphatic rings. The van der Waals surface area contributed by atoms with Gasteiger partial charge in [-0.1, -0.05) is 26.0 Å². The summed E-state index contributed by atoms with van der Waals surface area (Å²) >= 11 is 0. The van der Waals surface area contributed by atoms with E-state index < -0.39 is 18.5 Å². The molecular weight excluding hydrogens is 374 g/mol. The fraction of sp³-hybridized carbons (Fsp3) is 0.364. The fourth-order valence-corrected chi connectivity index (χ4v) is 2.47. The van der Waals surface area contributed by atoms with Crippen LogP contribution in [0.25, 0.3) is 0 Å². The minimum Gasteiger partial charge on any atom is -0.495 e. The Morgan fingerprint density at radius 3 is 2.38 bits per heavy atom. The molecule has 29 heavy (non-hydrogen) atoms. The first-order valence-electron chi connectivity index (χ1n) is 9.35. The first-order chi connectivity index (χ1) is 13.9. The van der Waals surface area contributed by atoms with E-state index in [9.17, 15) is 9.59 Å². The smallest absolute Gasteiger partial charge is 0.338 e. The summed E-state index contributed by atoms with van der Waals surface area (Å²) in [5.41, 5.74) is 0.767. The molecule has 2 rings (SSSR count). The van der Waals surface area contributed by atoms with Crippen molar-refractivity contribution in [2.24, 2.45) is 5.92 Å². The normalized spacial score (nSPS) is 10.4. The number of carbonyl (C=O) groups is 2. The summed E-state index contributed by atoms with van der Waals surface area (Å²) in [5.74, 6) is 0.929. The van der Waals surface area contributed by atoms with Crippen molar-refractivity contribution in [2.45, 2.75) is 20.3 Å². The second kappa shape index (κ2) is 10.9. The number of methoxy groups -OCH3 is 2. The average Bonchev–Trinajstić information content (AvgIpc) is 2.72. The van der Waals surface area contributed by atoms with E-state index >= 15 is 0 Å². The summed E-state index contributed by atoms with van der Waals surface area (Å²) in [6.07, 6.45) is 0.911. The van der Waals surface area contributed by atoms with Crippen molar-refractivity contribution in [3.8, 4) is 17.2 Å². The van der Waals surface area contributed by atoms with Crippen LogP contribution in [0.15, 0.2) is 42.5 Å². The zero-order valence-corrected chi connectivity index (χ0v) is 17.2. The Labute approximate surface area is 170 Å². The molecule has 0 saturated carbocycles. The van der Waals surface area contributed by atoms with Gasteiger partial charge in [-0.3, -0.25) is 4.79 Å². The minimum absolute atomic E-state index is 0.267. The molecule has 0 spiro atoms. The number of benzene rings is 2. The first kappa shape index (κ1) is 22.1. The Morgan fingerprint density at radius 1 is 0.966 bits per heavy atom. The van der Waals surface area contributed by atoms with Crippen molar-refractivity contribution in [2.75, 3.05) is 32.8 Å². The van der Waals surface area contributed by atoms with Gasteiger partial charge in [0.1, 0.15) is 5.75 Å². The lowest BCUT2D eigenvalue weighted by atomic mass is 10.1. The van der Waals surface area contributed by atoms with Gasteiger partial charge in [0, 0.05) is 0 Å². The molecule has 0 aliphatic carbocycles. The lowest BCUT2D eigenvalue weighted by molar-refractivity contribution is -0.119. The van der Waals surface area contributed by atoms with E-state index in [-0.39, 0.29) is 5.56 Å². The Kier molecular flexibility index (Phi) is 8.33. The quantitative estimate of drug-likeness (QED) is 0.608. The lowest BCUT2D eigenvalue weighted by Crippen LogP contribution is -2.21. The van der Waals surface area contributed by atoms with Crippen molar-refractivity contribution >= 4 is 17.6 Å². The first-order valence-corrected chi connectivity index (χ1v) is 9.35. The van der Waals surface area contributed by atoms with Crippen molar-refractivity contribution in [1.29, 1.82) is 0 Å². The zero-order valence-electron chi connectivity index (χ0n) is 17.2. The van der Waals surface area contributed by atoms with Gasteiger partial charge in [0.15, 0.2) is 18.1 Å². The molecule has 1 amide bonds. The number of nitrogens with one attached hydrogen (secondary N) is 1. The fourth-order valence-electron chi connectivity index (χ4n) is 2.47. The molecule has 0 bridgehead atoms. The lowest BCUT2D eigenvalue weighted by Gasteiger charge is -2.13. The number of hydrogen-bond donors (Lipinski definition) is 1. The van der Waals surface area contributed by atoms with Crippen molar-refractivity contribution in [1.82, 2.24) is 0 Å². The number of anilines is 1. The molecule has 0 atom stereocenters. The molecule has 2 aromatic carbocycles. The molecule has 0 heterocycles. The maximum atomic E-state index is 12.3. The summed E-state index contributed by atoms with van der Waals surface area (Å²) in [4.78, 5) is 24.4. The van der Waals surface area contributed by atoms with E-state index in [2.05, 4.69) is 19.2 Å². The third kappa shape index (κ3) is 6.71. The van der Waals surface area contributed by atoms with E-state index in [0.29, 0.717) is 35.5 Å². The van der Waals surface area contributed by atoms with Gasteiger partial charge in [0.2, 0.25) is 0 Å². The number of amides is 1. The molecule has 0 fully saturated rings.